The number of hydrogen-bond acceptors (Lipinski definition) is 3. The summed E-state index contributed by atoms with van der Waals surface area (Å²) in [5, 5.41) is 0. The minimum atomic E-state index is -0.382. The standard InChI is InChI=1S/C13H25NO2.C2H6/c1-10-9-13(5,7-8-14(10)6)11(15)16-12(2,3)4;1-2/h10H,7-9H2,1-6H3;1-2H3. The fourth-order valence-electron chi connectivity index (χ4n) is 2.14. The largest absolute Gasteiger partial charge is 0.460 e. The number of rotatable bonds is 1. The Hall–Kier alpha value is -0.570. The van der Waals surface area contributed by atoms with Crippen LogP contribution in [0.15, 0.2) is 0 Å². The summed E-state index contributed by atoms with van der Waals surface area (Å²) >= 11 is 0. The van der Waals surface area contributed by atoms with Crippen LogP contribution >= 0.6 is 0 Å². The van der Waals surface area contributed by atoms with E-state index in [-0.39, 0.29) is 17.0 Å². The topological polar surface area (TPSA) is 29.5 Å². The van der Waals surface area contributed by atoms with E-state index in [4.69, 9.17) is 4.74 Å². The van der Waals surface area contributed by atoms with Crippen LogP contribution in [0.4, 0.5) is 0 Å². The average Bonchev–Trinajstić information content (AvgIpc) is 2.25. The van der Waals surface area contributed by atoms with Crippen molar-refractivity contribution < 1.29 is 9.53 Å². The van der Waals surface area contributed by atoms with Crippen molar-refractivity contribution in [3.63, 3.8) is 0 Å². The highest BCUT2D eigenvalue weighted by Gasteiger charge is 2.41. The van der Waals surface area contributed by atoms with Crippen LogP contribution in [0.5, 0.6) is 0 Å². The molecule has 3 nitrogen and oxygen atoms in total. The monoisotopic (exact) mass is 257 g/mol. The molecule has 1 aliphatic heterocycles. The lowest BCUT2D eigenvalue weighted by Gasteiger charge is -2.41. The lowest BCUT2D eigenvalue weighted by Crippen LogP contribution is -2.47. The van der Waals surface area contributed by atoms with Crippen LogP contribution < -0.4 is 0 Å². The second kappa shape index (κ2) is 6.55. The van der Waals surface area contributed by atoms with E-state index in [0.29, 0.717) is 6.04 Å². The Balaban J connectivity index is 0.00000137. The van der Waals surface area contributed by atoms with Gasteiger partial charge in [0.2, 0.25) is 0 Å². The molecule has 0 amide bonds. The number of carbonyl (C=O) groups is 1. The van der Waals surface area contributed by atoms with Gasteiger partial charge in [0.25, 0.3) is 0 Å². The number of likely N-dealkylation sites (tertiary alicyclic amines) is 1. The van der Waals surface area contributed by atoms with Crippen molar-refractivity contribution in [3.8, 4) is 0 Å². The maximum atomic E-state index is 12.1. The minimum Gasteiger partial charge on any atom is -0.460 e. The van der Waals surface area contributed by atoms with Crippen LogP contribution in [-0.4, -0.2) is 36.1 Å². The molecule has 2 unspecified atom stereocenters. The third-order valence-electron chi connectivity index (χ3n) is 3.41. The van der Waals surface area contributed by atoms with Gasteiger partial charge in [-0.15, -0.1) is 0 Å². The fraction of sp³-hybridized carbons (Fsp3) is 0.933. The maximum absolute atomic E-state index is 12.1. The number of carbonyl (C=O) groups excluding carboxylic acids is 1. The van der Waals surface area contributed by atoms with E-state index in [9.17, 15) is 4.79 Å². The smallest absolute Gasteiger partial charge is 0.312 e. The maximum Gasteiger partial charge on any atom is 0.312 e. The second-order valence-corrected chi connectivity index (χ2v) is 6.35. The van der Waals surface area contributed by atoms with Gasteiger partial charge in [0.15, 0.2) is 0 Å². The number of nitrogens with zero attached hydrogens (tertiary/aromatic N) is 1. The van der Waals surface area contributed by atoms with E-state index in [2.05, 4.69) is 18.9 Å². The minimum absolute atomic E-state index is 0.0417. The van der Waals surface area contributed by atoms with Gasteiger partial charge >= 0.3 is 5.97 Å². The molecular formula is C15H31NO2. The van der Waals surface area contributed by atoms with E-state index >= 15 is 0 Å². The normalized spacial score (nSPS) is 29.2. The molecule has 0 saturated carbocycles. The molecule has 0 bridgehead atoms. The molecule has 1 heterocycles. The highest BCUT2D eigenvalue weighted by Crippen LogP contribution is 2.36. The van der Waals surface area contributed by atoms with E-state index in [0.717, 1.165) is 19.4 Å². The first-order valence-electron chi connectivity index (χ1n) is 7.08. The highest BCUT2D eigenvalue weighted by molar-refractivity contribution is 5.77. The summed E-state index contributed by atoms with van der Waals surface area (Å²) in [5.74, 6) is -0.0417. The molecule has 0 spiro atoms. The summed E-state index contributed by atoms with van der Waals surface area (Å²) in [6.07, 6.45) is 1.78. The Morgan fingerprint density at radius 1 is 1.33 bits per heavy atom. The van der Waals surface area contributed by atoms with Gasteiger partial charge in [-0.1, -0.05) is 13.8 Å². The summed E-state index contributed by atoms with van der Waals surface area (Å²) in [6, 6.07) is 0.450. The SMILES string of the molecule is CC.CC1CC(C)(C(=O)OC(C)(C)C)CCN1C. The van der Waals surface area contributed by atoms with E-state index in [1.54, 1.807) is 0 Å². The molecule has 1 saturated heterocycles. The number of ether oxygens (including phenoxy) is 1. The molecule has 0 aliphatic carbocycles. The Labute approximate surface area is 113 Å². The van der Waals surface area contributed by atoms with E-state index in [1.807, 2.05) is 41.5 Å². The number of hydrogen-bond donors (Lipinski definition) is 0. The Morgan fingerprint density at radius 3 is 2.22 bits per heavy atom. The first-order valence-corrected chi connectivity index (χ1v) is 7.08. The zero-order chi connectivity index (χ0) is 14.6. The van der Waals surface area contributed by atoms with Gasteiger partial charge in [-0.05, 0) is 61.1 Å². The van der Waals surface area contributed by atoms with E-state index in [1.165, 1.54) is 0 Å². The summed E-state index contributed by atoms with van der Waals surface area (Å²) in [7, 11) is 2.11. The molecule has 0 radical (unpaired) electrons. The Morgan fingerprint density at radius 2 is 1.83 bits per heavy atom. The molecule has 0 aromatic carbocycles. The van der Waals surface area contributed by atoms with Crippen molar-refractivity contribution in [3.05, 3.63) is 0 Å². The Bertz CT molecular complexity index is 270. The molecule has 1 aliphatic rings. The summed E-state index contributed by atoms with van der Waals surface area (Å²) in [4.78, 5) is 14.4. The van der Waals surface area contributed by atoms with Crippen LogP contribution in [0.1, 0.15) is 61.3 Å². The van der Waals surface area contributed by atoms with Crippen molar-refractivity contribution in [1.82, 2.24) is 4.90 Å². The molecule has 108 valence electrons. The van der Waals surface area contributed by atoms with Gasteiger partial charge in [0.1, 0.15) is 5.60 Å². The average molecular weight is 257 g/mol. The van der Waals surface area contributed by atoms with Crippen molar-refractivity contribution in [1.29, 1.82) is 0 Å². The molecular weight excluding hydrogens is 226 g/mol. The molecule has 0 aromatic heterocycles. The molecule has 2 atom stereocenters. The van der Waals surface area contributed by atoms with Crippen molar-refractivity contribution >= 4 is 5.97 Å². The third kappa shape index (κ3) is 4.97. The van der Waals surface area contributed by atoms with Gasteiger partial charge in [-0.25, -0.2) is 0 Å². The first kappa shape index (κ1) is 17.4. The predicted octanol–water partition coefficient (Wildman–Crippen LogP) is 3.47. The molecule has 18 heavy (non-hydrogen) atoms. The summed E-state index contributed by atoms with van der Waals surface area (Å²) in [5.41, 5.74) is -0.689. The molecule has 0 N–H and O–H groups in total. The van der Waals surface area contributed by atoms with Crippen LogP contribution in [0, 0.1) is 5.41 Å². The quantitative estimate of drug-likeness (QED) is 0.674. The van der Waals surface area contributed by atoms with Gasteiger partial charge in [-0.2, -0.15) is 0 Å². The summed E-state index contributed by atoms with van der Waals surface area (Å²) in [6.45, 7) is 14.9. The van der Waals surface area contributed by atoms with Gasteiger partial charge in [-0.3, -0.25) is 4.79 Å². The molecule has 1 fully saturated rings. The van der Waals surface area contributed by atoms with E-state index < -0.39 is 0 Å². The van der Waals surface area contributed by atoms with Crippen LogP contribution in [-0.2, 0) is 9.53 Å². The van der Waals surface area contributed by atoms with Crippen molar-refractivity contribution in [2.75, 3.05) is 13.6 Å². The van der Waals surface area contributed by atoms with Crippen molar-refractivity contribution in [2.45, 2.75) is 73.0 Å². The predicted molar refractivity (Wildman–Crippen MR) is 76.6 cm³/mol. The number of esters is 1. The second-order valence-electron chi connectivity index (χ2n) is 6.35. The highest BCUT2D eigenvalue weighted by atomic mass is 16.6. The van der Waals surface area contributed by atoms with Crippen LogP contribution in [0.2, 0.25) is 0 Å². The fourth-order valence-corrected chi connectivity index (χ4v) is 2.14. The molecule has 0 aromatic rings. The molecule has 1 rings (SSSR count). The third-order valence-corrected chi connectivity index (χ3v) is 3.41. The zero-order valence-corrected chi connectivity index (χ0v) is 13.5. The van der Waals surface area contributed by atoms with Gasteiger partial charge < -0.3 is 9.64 Å². The number of piperidine rings is 1. The Kier molecular flexibility index (Phi) is 6.35. The van der Waals surface area contributed by atoms with Crippen molar-refractivity contribution in [2.24, 2.45) is 5.41 Å². The lowest BCUT2D eigenvalue weighted by molar-refractivity contribution is -0.170. The van der Waals surface area contributed by atoms with Gasteiger partial charge in [0, 0.05) is 6.04 Å². The van der Waals surface area contributed by atoms with Crippen LogP contribution in [0.3, 0.4) is 0 Å². The summed E-state index contributed by atoms with van der Waals surface area (Å²) < 4.78 is 5.51. The van der Waals surface area contributed by atoms with Gasteiger partial charge in [0.05, 0.1) is 5.41 Å². The first-order chi connectivity index (χ1) is 8.14. The van der Waals surface area contributed by atoms with Crippen LogP contribution in [0.25, 0.3) is 0 Å². The molecule has 3 heteroatoms. The zero-order valence-electron chi connectivity index (χ0n) is 13.5. The lowest BCUT2D eigenvalue weighted by atomic mass is 9.77.